The number of carbonyl (C=O) groups excluding carboxylic acids is 1. The lowest BCUT2D eigenvalue weighted by atomic mass is 10.2. The summed E-state index contributed by atoms with van der Waals surface area (Å²) in [4.78, 5) is 11.8. The number of hydrogen-bond donors (Lipinski definition) is 1. The maximum atomic E-state index is 11.8. The molecular formula is C18H16ClN3O3. The number of amides is 1. The summed E-state index contributed by atoms with van der Waals surface area (Å²) in [6, 6.07) is 16.4. The molecule has 0 atom stereocenters. The van der Waals surface area contributed by atoms with Gasteiger partial charge in [-0.25, -0.2) is 0 Å². The van der Waals surface area contributed by atoms with Crippen molar-refractivity contribution in [1.82, 2.24) is 15.5 Å². The lowest BCUT2D eigenvalue weighted by Gasteiger charge is -2.05. The molecule has 2 aromatic carbocycles. The monoisotopic (exact) mass is 357 g/mol. The second-order valence-corrected chi connectivity index (χ2v) is 5.63. The van der Waals surface area contributed by atoms with Crippen LogP contribution in [0.25, 0.3) is 11.5 Å². The first kappa shape index (κ1) is 17.0. The molecule has 0 saturated heterocycles. The zero-order valence-corrected chi connectivity index (χ0v) is 14.1. The first-order chi connectivity index (χ1) is 12.2. The van der Waals surface area contributed by atoms with E-state index in [1.165, 1.54) is 0 Å². The van der Waals surface area contributed by atoms with Crippen LogP contribution >= 0.6 is 11.6 Å². The molecule has 0 bridgehead atoms. The van der Waals surface area contributed by atoms with E-state index >= 15 is 0 Å². The number of nitrogens with zero attached hydrogens (tertiary/aromatic N) is 2. The fourth-order valence-electron chi connectivity index (χ4n) is 2.08. The van der Waals surface area contributed by atoms with E-state index in [-0.39, 0.29) is 18.9 Å². The number of halogens is 1. The predicted molar refractivity (Wildman–Crippen MR) is 93.1 cm³/mol. The van der Waals surface area contributed by atoms with E-state index < -0.39 is 0 Å². The van der Waals surface area contributed by atoms with Crippen LogP contribution in [0.3, 0.4) is 0 Å². The van der Waals surface area contributed by atoms with Crippen molar-refractivity contribution in [3.63, 3.8) is 0 Å². The summed E-state index contributed by atoms with van der Waals surface area (Å²) in [7, 11) is 0. The molecule has 0 spiro atoms. The number of carbonyl (C=O) groups is 1. The smallest absolute Gasteiger partial charge is 0.247 e. The van der Waals surface area contributed by atoms with Crippen molar-refractivity contribution in [1.29, 1.82) is 0 Å². The molecule has 1 heterocycles. The molecule has 6 nitrogen and oxygen atoms in total. The van der Waals surface area contributed by atoms with Crippen LogP contribution in [0.4, 0.5) is 0 Å². The van der Waals surface area contributed by atoms with Gasteiger partial charge in [-0.2, -0.15) is 0 Å². The minimum absolute atomic E-state index is 0.151. The molecule has 1 N–H and O–H groups in total. The van der Waals surface area contributed by atoms with Gasteiger partial charge in [-0.15, -0.1) is 10.2 Å². The molecule has 3 rings (SSSR count). The van der Waals surface area contributed by atoms with Gasteiger partial charge in [0.25, 0.3) is 0 Å². The Morgan fingerprint density at radius 2 is 1.84 bits per heavy atom. The minimum atomic E-state index is -0.151. The Morgan fingerprint density at radius 1 is 1.08 bits per heavy atom. The van der Waals surface area contributed by atoms with E-state index in [1.54, 1.807) is 24.3 Å². The SMILES string of the molecule is O=C(CCOc1ccccc1)NCc1nnc(-c2ccc(Cl)cc2)o1. The van der Waals surface area contributed by atoms with Crippen LogP contribution in [0.15, 0.2) is 59.0 Å². The van der Waals surface area contributed by atoms with Crippen LogP contribution in [-0.4, -0.2) is 22.7 Å². The highest BCUT2D eigenvalue weighted by Crippen LogP contribution is 2.20. The number of nitrogens with one attached hydrogen (secondary N) is 1. The second-order valence-electron chi connectivity index (χ2n) is 5.20. The summed E-state index contributed by atoms with van der Waals surface area (Å²) in [6.07, 6.45) is 0.243. The number of rotatable bonds is 7. The molecule has 0 saturated carbocycles. The molecule has 0 fully saturated rings. The van der Waals surface area contributed by atoms with Crippen molar-refractivity contribution >= 4 is 17.5 Å². The molecule has 0 unspecified atom stereocenters. The van der Waals surface area contributed by atoms with Crippen molar-refractivity contribution in [3.8, 4) is 17.2 Å². The third-order valence-corrected chi connectivity index (χ3v) is 3.59. The highest BCUT2D eigenvalue weighted by Gasteiger charge is 2.10. The summed E-state index contributed by atoms with van der Waals surface area (Å²) >= 11 is 5.85. The van der Waals surface area contributed by atoms with Gasteiger partial charge in [0.15, 0.2) is 0 Å². The van der Waals surface area contributed by atoms with E-state index in [1.807, 2.05) is 30.3 Å². The van der Waals surface area contributed by atoms with Crippen LogP contribution in [0.5, 0.6) is 5.75 Å². The minimum Gasteiger partial charge on any atom is -0.493 e. The van der Waals surface area contributed by atoms with Crippen molar-refractivity contribution in [2.24, 2.45) is 0 Å². The molecule has 0 radical (unpaired) electrons. The first-order valence-corrected chi connectivity index (χ1v) is 8.11. The first-order valence-electron chi connectivity index (χ1n) is 7.73. The van der Waals surface area contributed by atoms with Crippen LogP contribution < -0.4 is 10.1 Å². The number of para-hydroxylation sites is 1. The van der Waals surface area contributed by atoms with Crippen LogP contribution in [-0.2, 0) is 11.3 Å². The molecule has 25 heavy (non-hydrogen) atoms. The van der Waals surface area contributed by atoms with Gasteiger partial charge < -0.3 is 14.5 Å². The Kier molecular flexibility index (Phi) is 5.64. The topological polar surface area (TPSA) is 77.2 Å². The summed E-state index contributed by atoms with van der Waals surface area (Å²) in [5.74, 6) is 1.30. The van der Waals surface area contributed by atoms with E-state index in [0.717, 1.165) is 11.3 Å². The Morgan fingerprint density at radius 3 is 2.60 bits per heavy atom. The zero-order chi connectivity index (χ0) is 17.5. The molecule has 7 heteroatoms. The molecule has 1 aromatic heterocycles. The predicted octanol–water partition coefficient (Wildman–Crippen LogP) is 3.48. The molecule has 0 aliphatic heterocycles. The molecule has 128 valence electrons. The lowest BCUT2D eigenvalue weighted by Crippen LogP contribution is -2.24. The van der Waals surface area contributed by atoms with Crippen molar-refractivity contribution in [3.05, 3.63) is 65.5 Å². The van der Waals surface area contributed by atoms with Gasteiger partial charge >= 0.3 is 0 Å². The fraction of sp³-hybridized carbons (Fsp3) is 0.167. The molecule has 0 aliphatic rings. The maximum absolute atomic E-state index is 11.8. The van der Waals surface area contributed by atoms with Crippen molar-refractivity contribution in [2.75, 3.05) is 6.61 Å². The summed E-state index contributed by atoms with van der Waals surface area (Å²) < 4.78 is 11.0. The summed E-state index contributed by atoms with van der Waals surface area (Å²) in [5.41, 5.74) is 0.769. The van der Waals surface area contributed by atoms with Gasteiger partial charge in [0.05, 0.1) is 19.6 Å². The summed E-state index contributed by atoms with van der Waals surface area (Å²) in [6.45, 7) is 0.473. The van der Waals surface area contributed by atoms with Crippen molar-refractivity contribution < 1.29 is 13.9 Å². The van der Waals surface area contributed by atoms with Gasteiger partial charge in [0, 0.05) is 10.6 Å². The third kappa shape index (κ3) is 5.06. The Bertz CT molecular complexity index is 819. The normalized spacial score (nSPS) is 10.4. The van der Waals surface area contributed by atoms with Gasteiger partial charge in [-0.1, -0.05) is 29.8 Å². The highest BCUT2D eigenvalue weighted by molar-refractivity contribution is 6.30. The molecular weight excluding hydrogens is 342 g/mol. The fourth-order valence-corrected chi connectivity index (χ4v) is 2.20. The molecule has 3 aromatic rings. The number of hydrogen-bond acceptors (Lipinski definition) is 5. The largest absolute Gasteiger partial charge is 0.493 e. The quantitative estimate of drug-likeness (QED) is 0.700. The number of aromatic nitrogens is 2. The standard InChI is InChI=1S/C18H16ClN3O3/c19-14-8-6-13(7-9-14)18-22-21-17(25-18)12-20-16(23)10-11-24-15-4-2-1-3-5-15/h1-9H,10-12H2,(H,20,23). The van der Waals surface area contributed by atoms with Crippen LogP contribution in [0, 0.1) is 0 Å². The van der Waals surface area contributed by atoms with Gasteiger partial charge in [-0.3, -0.25) is 4.79 Å². The molecule has 0 aliphatic carbocycles. The Labute approximate surface area is 149 Å². The average Bonchev–Trinajstić information content (AvgIpc) is 3.10. The lowest BCUT2D eigenvalue weighted by molar-refractivity contribution is -0.121. The Balaban J connectivity index is 1.44. The van der Waals surface area contributed by atoms with Gasteiger partial charge in [0.2, 0.25) is 17.7 Å². The van der Waals surface area contributed by atoms with E-state index in [4.69, 9.17) is 20.8 Å². The second kappa shape index (κ2) is 8.30. The Hall–Kier alpha value is -2.86. The number of ether oxygens (including phenoxy) is 1. The van der Waals surface area contributed by atoms with E-state index in [9.17, 15) is 4.79 Å². The molecule has 1 amide bonds. The van der Waals surface area contributed by atoms with Gasteiger partial charge in [-0.05, 0) is 36.4 Å². The van der Waals surface area contributed by atoms with E-state index in [0.29, 0.717) is 23.4 Å². The summed E-state index contributed by atoms with van der Waals surface area (Å²) in [5, 5.41) is 11.2. The van der Waals surface area contributed by atoms with Crippen LogP contribution in [0.2, 0.25) is 5.02 Å². The average molecular weight is 358 g/mol. The maximum Gasteiger partial charge on any atom is 0.247 e. The number of benzene rings is 2. The van der Waals surface area contributed by atoms with Gasteiger partial charge in [0.1, 0.15) is 5.75 Å². The van der Waals surface area contributed by atoms with Crippen LogP contribution in [0.1, 0.15) is 12.3 Å². The zero-order valence-electron chi connectivity index (χ0n) is 13.3. The van der Waals surface area contributed by atoms with Crippen molar-refractivity contribution in [2.45, 2.75) is 13.0 Å². The highest BCUT2D eigenvalue weighted by atomic mass is 35.5. The third-order valence-electron chi connectivity index (χ3n) is 3.34. The van der Waals surface area contributed by atoms with E-state index in [2.05, 4.69) is 15.5 Å².